The monoisotopic (exact) mass is 292 g/mol. The van der Waals surface area contributed by atoms with Crippen LogP contribution in [0.15, 0.2) is 24.3 Å². The maximum absolute atomic E-state index is 13.5. The van der Waals surface area contributed by atoms with Crippen molar-refractivity contribution in [1.82, 2.24) is 0 Å². The summed E-state index contributed by atoms with van der Waals surface area (Å²) >= 11 is 0. The first-order valence-corrected chi connectivity index (χ1v) is 6.56. The van der Waals surface area contributed by atoms with Gasteiger partial charge in [0.15, 0.2) is 0 Å². The van der Waals surface area contributed by atoms with Gasteiger partial charge in [0.05, 0.1) is 13.2 Å². The SMILES string of the molecule is C#CCC(C(=O)OCC)(C(=O)OCC)c1cccc(F)c1. The maximum Gasteiger partial charge on any atom is 0.329 e. The summed E-state index contributed by atoms with van der Waals surface area (Å²) in [6.45, 7) is 3.35. The van der Waals surface area contributed by atoms with Crippen LogP contribution in [0, 0.1) is 18.2 Å². The van der Waals surface area contributed by atoms with Gasteiger partial charge in [0.1, 0.15) is 5.82 Å². The van der Waals surface area contributed by atoms with Crippen molar-refractivity contribution in [2.24, 2.45) is 0 Å². The highest BCUT2D eigenvalue weighted by molar-refractivity contribution is 6.06. The quantitative estimate of drug-likeness (QED) is 0.458. The fraction of sp³-hybridized carbons (Fsp3) is 0.375. The molecule has 21 heavy (non-hydrogen) atoms. The molecule has 0 aliphatic heterocycles. The van der Waals surface area contributed by atoms with Crippen molar-refractivity contribution in [3.8, 4) is 12.3 Å². The zero-order valence-corrected chi connectivity index (χ0v) is 12.0. The molecule has 0 heterocycles. The Morgan fingerprint density at radius 3 is 2.24 bits per heavy atom. The normalized spacial score (nSPS) is 10.6. The third-order valence-electron chi connectivity index (χ3n) is 2.93. The van der Waals surface area contributed by atoms with E-state index in [9.17, 15) is 14.0 Å². The number of halogens is 1. The largest absolute Gasteiger partial charge is 0.465 e. The lowest BCUT2D eigenvalue weighted by Crippen LogP contribution is -2.46. The van der Waals surface area contributed by atoms with Crippen molar-refractivity contribution in [3.63, 3.8) is 0 Å². The number of carbonyl (C=O) groups is 2. The van der Waals surface area contributed by atoms with Crippen LogP contribution in [-0.4, -0.2) is 25.2 Å². The van der Waals surface area contributed by atoms with Gasteiger partial charge in [-0.2, -0.15) is 0 Å². The minimum absolute atomic E-state index is 0.0693. The van der Waals surface area contributed by atoms with Crippen molar-refractivity contribution in [2.75, 3.05) is 13.2 Å². The molecule has 1 rings (SSSR count). The Hall–Kier alpha value is -2.35. The molecule has 0 N–H and O–H groups in total. The molecular formula is C16H17FO4. The van der Waals surface area contributed by atoms with Crippen LogP contribution in [0.5, 0.6) is 0 Å². The number of esters is 2. The molecule has 0 amide bonds. The molecule has 0 radical (unpaired) electrons. The molecular weight excluding hydrogens is 275 g/mol. The Balaban J connectivity index is 3.47. The van der Waals surface area contributed by atoms with Gasteiger partial charge in [-0.05, 0) is 31.5 Å². The molecule has 0 aliphatic carbocycles. The highest BCUT2D eigenvalue weighted by atomic mass is 19.1. The molecule has 0 atom stereocenters. The van der Waals surface area contributed by atoms with Gasteiger partial charge < -0.3 is 9.47 Å². The molecule has 0 saturated heterocycles. The van der Waals surface area contributed by atoms with E-state index in [1.54, 1.807) is 13.8 Å². The third kappa shape index (κ3) is 3.40. The Morgan fingerprint density at radius 2 is 1.81 bits per heavy atom. The average Bonchev–Trinajstić information content (AvgIpc) is 2.45. The lowest BCUT2D eigenvalue weighted by Gasteiger charge is -2.27. The van der Waals surface area contributed by atoms with Crippen LogP contribution in [0.2, 0.25) is 0 Å². The summed E-state index contributed by atoms with van der Waals surface area (Å²) in [4.78, 5) is 24.7. The van der Waals surface area contributed by atoms with Gasteiger partial charge in [-0.25, -0.2) is 4.39 Å². The Kier molecular flexibility index (Phi) is 5.92. The fourth-order valence-corrected chi connectivity index (χ4v) is 1.98. The number of terminal acetylenes is 1. The average molecular weight is 292 g/mol. The highest BCUT2D eigenvalue weighted by Gasteiger charge is 2.50. The van der Waals surface area contributed by atoms with Crippen LogP contribution in [0.1, 0.15) is 25.8 Å². The minimum atomic E-state index is -1.84. The first kappa shape index (κ1) is 16.7. The zero-order chi connectivity index (χ0) is 15.9. The zero-order valence-electron chi connectivity index (χ0n) is 12.0. The highest BCUT2D eigenvalue weighted by Crippen LogP contribution is 2.32. The van der Waals surface area contributed by atoms with Crippen molar-refractivity contribution in [2.45, 2.75) is 25.7 Å². The van der Waals surface area contributed by atoms with Crippen LogP contribution >= 0.6 is 0 Å². The van der Waals surface area contributed by atoms with Gasteiger partial charge in [-0.1, -0.05) is 12.1 Å². The molecule has 0 aromatic heterocycles. The minimum Gasteiger partial charge on any atom is -0.465 e. The molecule has 5 heteroatoms. The molecule has 0 bridgehead atoms. The summed E-state index contributed by atoms with van der Waals surface area (Å²) in [7, 11) is 0. The first-order valence-electron chi connectivity index (χ1n) is 6.56. The number of hydrogen-bond acceptors (Lipinski definition) is 4. The summed E-state index contributed by atoms with van der Waals surface area (Å²) in [6.07, 6.45) is 5.03. The molecule has 0 aliphatic rings. The predicted molar refractivity (Wildman–Crippen MR) is 74.8 cm³/mol. The van der Waals surface area contributed by atoms with Crippen LogP contribution in [0.3, 0.4) is 0 Å². The number of hydrogen-bond donors (Lipinski definition) is 0. The third-order valence-corrected chi connectivity index (χ3v) is 2.93. The number of benzene rings is 1. The number of ether oxygens (including phenoxy) is 2. The smallest absolute Gasteiger partial charge is 0.329 e. The van der Waals surface area contributed by atoms with Crippen LogP contribution < -0.4 is 0 Å². The Labute approximate surface area is 123 Å². The molecule has 0 saturated carbocycles. The summed E-state index contributed by atoms with van der Waals surface area (Å²) in [5.41, 5.74) is -1.72. The molecule has 1 aromatic carbocycles. The van der Waals surface area contributed by atoms with Gasteiger partial charge in [0, 0.05) is 6.42 Å². The molecule has 0 fully saturated rings. The number of rotatable bonds is 6. The van der Waals surface area contributed by atoms with E-state index >= 15 is 0 Å². The van der Waals surface area contributed by atoms with E-state index in [-0.39, 0.29) is 25.2 Å². The second kappa shape index (κ2) is 7.44. The second-order valence-electron chi connectivity index (χ2n) is 4.24. The lowest BCUT2D eigenvalue weighted by molar-refractivity contribution is -0.164. The van der Waals surface area contributed by atoms with E-state index in [0.717, 1.165) is 6.07 Å². The molecule has 0 spiro atoms. The molecule has 4 nitrogen and oxygen atoms in total. The van der Waals surface area contributed by atoms with E-state index in [4.69, 9.17) is 15.9 Å². The second-order valence-corrected chi connectivity index (χ2v) is 4.24. The lowest BCUT2D eigenvalue weighted by atomic mass is 9.77. The van der Waals surface area contributed by atoms with Crippen LogP contribution in [0.25, 0.3) is 0 Å². The topological polar surface area (TPSA) is 52.6 Å². The summed E-state index contributed by atoms with van der Waals surface area (Å²) in [6, 6.07) is 5.15. The molecule has 112 valence electrons. The van der Waals surface area contributed by atoms with Crippen molar-refractivity contribution >= 4 is 11.9 Å². The summed E-state index contributed by atoms with van der Waals surface area (Å²) in [5.74, 6) is 0.0186. The van der Waals surface area contributed by atoms with Crippen LogP contribution in [-0.2, 0) is 24.5 Å². The van der Waals surface area contributed by atoms with E-state index in [2.05, 4.69) is 5.92 Å². The van der Waals surface area contributed by atoms with Crippen molar-refractivity contribution in [1.29, 1.82) is 0 Å². The first-order chi connectivity index (χ1) is 10.0. The van der Waals surface area contributed by atoms with Crippen molar-refractivity contribution in [3.05, 3.63) is 35.6 Å². The summed E-state index contributed by atoms with van der Waals surface area (Å²) in [5, 5.41) is 0. The van der Waals surface area contributed by atoms with Gasteiger partial charge in [0.2, 0.25) is 5.41 Å². The van der Waals surface area contributed by atoms with E-state index in [0.29, 0.717) is 0 Å². The van der Waals surface area contributed by atoms with E-state index < -0.39 is 23.2 Å². The van der Waals surface area contributed by atoms with Gasteiger partial charge in [-0.15, -0.1) is 12.3 Å². The predicted octanol–water partition coefficient (Wildman–Crippen LogP) is 2.21. The standard InChI is InChI=1S/C16H17FO4/c1-4-10-16(14(18)20-5-2,15(19)21-6-3)12-8-7-9-13(17)11-12/h1,7-9,11H,5-6,10H2,2-3H3. The van der Waals surface area contributed by atoms with Crippen molar-refractivity contribution < 1.29 is 23.5 Å². The maximum atomic E-state index is 13.5. The summed E-state index contributed by atoms with van der Waals surface area (Å²) < 4.78 is 23.4. The van der Waals surface area contributed by atoms with E-state index in [1.165, 1.54) is 18.2 Å². The molecule has 1 aromatic rings. The molecule has 0 unspecified atom stereocenters. The van der Waals surface area contributed by atoms with Gasteiger partial charge in [-0.3, -0.25) is 9.59 Å². The Morgan fingerprint density at radius 1 is 1.24 bits per heavy atom. The number of carbonyl (C=O) groups excluding carboxylic acids is 2. The Bertz CT molecular complexity index is 542. The van der Waals surface area contributed by atoms with Gasteiger partial charge >= 0.3 is 11.9 Å². The fourth-order valence-electron chi connectivity index (χ4n) is 1.98. The van der Waals surface area contributed by atoms with E-state index in [1.807, 2.05) is 0 Å². The van der Waals surface area contributed by atoms with Crippen LogP contribution in [0.4, 0.5) is 4.39 Å². The van der Waals surface area contributed by atoms with Gasteiger partial charge in [0.25, 0.3) is 0 Å².